The van der Waals surface area contributed by atoms with E-state index in [1.165, 1.54) is 20.7 Å². The van der Waals surface area contributed by atoms with Crippen LogP contribution in [0.3, 0.4) is 0 Å². The Morgan fingerprint density at radius 1 is 0.521 bits per heavy atom. The Labute approximate surface area is 277 Å². The highest BCUT2D eigenvalue weighted by atomic mass is 28.3. The maximum atomic E-state index is 6.76. The summed E-state index contributed by atoms with van der Waals surface area (Å²) < 4.78 is 11.2. The SMILES string of the molecule is c1ccc([Si](c2ccccc2)(c2ccccc2)c2ccc3oc4c(-n5c6ccccc6n6c7ccccc7nc56)ccnc4c3c2)cc1. The summed E-state index contributed by atoms with van der Waals surface area (Å²) in [6, 6.07) is 58.5. The molecule has 6 aromatic carbocycles. The summed E-state index contributed by atoms with van der Waals surface area (Å²) in [5.41, 5.74) is 7.49. The van der Waals surface area contributed by atoms with Crippen LogP contribution in [0.4, 0.5) is 0 Å². The number of pyridine rings is 1. The molecule has 0 bridgehead atoms. The van der Waals surface area contributed by atoms with Crippen molar-refractivity contribution in [1.82, 2.24) is 18.9 Å². The minimum Gasteiger partial charge on any atom is -0.452 e. The topological polar surface area (TPSA) is 48.3 Å². The number of furan rings is 1. The third-order valence-corrected chi connectivity index (χ3v) is 14.5. The van der Waals surface area contributed by atoms with Gasteiger partial charge in [-0.1, -0.05) is 121 Å². The number of fused-ring (bicyclic) bond motifs is 8. The molecule has 0 aliphatic carbocycles. The molecule has 0 saturated carbocycles. The molecular formula is C42H28N4OSi. The molecule has 0 unspecified atom stereocenters. The molecule has 4 aromatic heterocycles. The van der Waals surface area contributed by atoms with Crippen LogP contribution in [0.25, 0.3) is 55.6 Å². The molecule has 0 spiro atoms. The molecule has 0 radical (unpaired) electrons. The summed E-state index contributed by atoms with van der Waals surface area (Å²) >= 11 is 0. The van der Waals surface area contributed by atoms with Crippen molar-refractivity contribution in [3.05, 3.63) is 170 Å². The molecule has 6 heteroatoms. The zero-order chi connectivity index (χ0) is 31.7. The molecule has 0 N–H and O–H groups in total. The van der Waals surface area contributed by atoms with E-state index in [0.717, 1.165) is 55.6 Å². The van der Waals surface area contributed by atoms with E-state index >= 15 is 0 Å². The molecule has 0 atom stereocenters. The number of hydrogen-bond donors (Lipinski definition) is 0. The average Bonchev–Trinajstić information content (AvgIpc) is 3.82. The lowest BCUT2D eigenvalue weighted by Gasteiger charge is -2.34. The third-order valence-electron chi connectivity index (χ3n) is 9.73. The predicted octanol–water partition coefficient (Wildman–Crippen LogP) is 7.10. The number of benzene rings is 6. The molecule has 48 heavy (non-hydrogen) atoms. The first kappa shape index (κ1) is 26.9. The Morgan fingerprint density at radius 2 is 1.10 bits per heavy atom. The first-order chi connectivity index (χ1) is 23.8. The van der Waals surface area contributed by atoms with Gasteiger partial charge in [-0.3, -0.25) is 14.0 Å². The van der Waals surface area contributed by atoms with Gasteiger partial charge in [-0.15, -0.1) is 0 Å². The van der Waals surface area contributed by atoms with Crippen LogP contribution < -0.4 is 20.7 Å². The zero-order valence-electron chi connectivity index (χ0n) is 25.9. The second kappa shape index (κ2) is 10.4. The van der Waals surface area contributed by atoms with Crippen molar-refractivity contribution in [2.75, 3.05) is 0 Å². The number of nitrogens with zero attached hydrogens (tertiary/aromatic N) is 4. The minimum absolute atomic E-state index is 0.742. The molecule has 10 rings (SSSR count). The molecule has 0 aliphatic heterocycles. The average molecular weight is 633 g/mol. The second-order valence-corrected chi connectivity index (χ2v) is 16.0. The van der Waals surface area contributed by atoms with Crippen molar-refractivity contribution in [2.45, 2.75) is 0 Å². The van der Waals surface area contributed by atoms with Crippen LogP contribution in [-0.2, 0) is 0 Å². The van der Waals surface area contributed by atoms with Gasteiger partial charge in [-0.2, -0.15) is 0 Å². The Balaban J connectivity index is 1.28. The van der Waals surface area contributed by atoms with Gasteiger partial charge >= 0.3 is 0 Å². The summed E-state index contributed by atoms with van der Waals surface area (Å²) in [7, 11) is -2.72. The highest BCUT2D eigenvalue weighted by molar-refractivity contribution is 7.20. The van der Waals surface area contributed by atoms with E-state index in [9.17, 15) is 0 Å². The van der Waals surface area contributed by atoms with Crippen molar-refractivity contribution in [2.24, 2.45) is 0 Å². The lowest BCUT2D eigenvalue weighted by atomic mass is 10.2. The van der Waals surface area contributed by atoms with E-state index in [0.29, 0.717) is 0 Å². The van der Waals surface area contributed by atoms with E-state index in [1.54, 1.807) is 0 Å². The smallest absolute Gasteiger partial charge is 0.220 e. The van der Waals surface area contributed by atoms with Crippen molar-refractivity contribution in [3.8, 4) is 5.69 Å². The highest BCUT2D eigenvalue weighted by Gasteiger charge is 2.41. The third kappa shape index (κ3) is 3.72. The molecule has 0 amide bonds. The fourth-order valence-electron chi connectivity index (χ4n) is 7.71. The Bertz CT molecular complexity index is 2690. The van der Waals surface area contributed by atoms with Crippen molar-refractivity contribution in [1.29, 1.82) is 0 Å². The normalized spacial score (nSPS) is 12.2. The highest BCUT2D eigenvalue weighted by Crippen LogP contribution is 2.35. The van der Waals surface area contributed by atoms with Gasteiger partial charge < -0.3 is 4.42 Å². The number of para-hydroxylation sites is 4. The van der Waals surface area contributed by atoms with Crippen LogP contribution >= 0.6 is 0 Å². The largest absolute Gasteiger partial charge is 0.452 e. The summed E-state index contributed by atoms with van der Waals surface area (Å²) in [6.45, 7) is 0. The quantitative estimate of drug-likeness (QED) is 0.150. The number of aromatic nitrogens is 4. The molecule has 4 heterocycles. The van der Waals surface area contributed by atoms with Crippen LogP contribution in [0, 0.1) is 0 Å². The molecule has 0 fully saturated rings. The lowest BCUT2D eigenvalue weighted by Crippen LogP contribution is -2.74. The van der Waals surface area contributed by atoms with Gasteiger partial charge in [-0.05, 0) is 63.2 Å². The first-order valence-electron chi connectivity index (χ1n) is 16.2. The number of hydrogen-bond acceptors (Lipinski definition) is 3. The summed E-state index contributed by atoms with van der Waals surface area (Å²) in [4.78, 5) is 10.1. The van der Waals surface area contributed by atoms with E-state index < -0.39 is 8.07 Å². The lowest BCUT2D eigenvalue weighted by molar-refractivity contribution is 0.665. The second-order valence-electron chi connectivity index (χ2n) is 12.2. The zero-order valence-corrected chi connectivity index (χ0v) is 26.9. The molecule has 5 nitrogen and oxygen atoms in total. The summed E-state index contributed by atoms with van der Waals surface area (Å²) in [5.74, 6) is 0.842. The summed E-state index contributed by atoms with van der Waals surface area (Å²) in [6.07, 6.45) is 1.89. The molecule has 0 saturated heterocycles. The van der Waals surface area contributed by atoms with Gasteiger partial charge in [0.15, 0.2) is 13.7 Å². The van der Waals surface area contributed by atoms with Crippen molar-refractivity contribution >= 4 is 78.7 Å². The fraction of sp³-hybridized carbons (Fsp3) is 0. The molecule has 10 aromatic rings. The van der Waals surface area contributed by atoms with Gasteiger partial charge in [0.05, 0.1) is 27.8 Å². The Hall–Kier alpha value is -6.24. The minimum atomic E-state index is -2.72. The van der Waals surface area contributed by atoms with Crippen molar-refractivity contribution < 1.29 is 4.42 Å². The van der Waals surface area contributed by atoms with Gasteiger partial charge in [0.1, 0.15) is 11.1 Å². The van der Waals surface area contributed by atoms with Crippen LogP contribution in [-0.4, -0.2) is 27.0 Å². The molecular weight excluding hydrogens is 605 g/mol. The monoisotopic (exact) mass is 632 g/mol. The van der Waals surface area contributed by atoms with Gasteiger partial charge in [0.25, 0.3) is 0 Å². The van der Waals surface area contributed by atoms with Crippen LogP contribution in [0.15, 0.2) is 174 Å². The summed E-state index contributed by atoms with van der Waals surface area (Å²) in [5, 5.41) is 6.27. The van der Waals surface area contributed by atoms with Gasteiger partial charge in [-0.25, -0.2) is 4.98 Å². The Kier molecular flexibility index (Phi) is 5.83. The van der Waals surface area contributed by atoms with Gasteiger partial charge in [0, 0.05) is 11.6 Å². The number of imidazole rings is 2. The predicted molar refractivity (Wildman–Crippen MR) is 198 cm³/mol. The number of rotatable bonds is 5. The Morgan fingerprint density at radius 3 is 1.77 bits per heavy atom. The molecule has 0 aliphatic rings. The van der Waals surface area contributed by atoms with Crippen molar-refractivity contribution in [3.63, 3.8) is 0 Å². The van der Waals surface area contributed by atoms with Crippen LogP contribution in [0.5, 0.6) is 0 Å². The van der Waals surface area contributed by atoms with E-state index in [2.05, 4.69) is 161 Å². The van der Waals surface area contributed by atoms with E-state index in [4.69, 9.17) is 14.4 Å². The van der Waals surface area contributed by atoms with Crippen LogP contribution in [0.1, 0.15) is 0 Å². The van der Waals surface area contributed by atoms with Crippen LogP contribution in [0.2, 0.25) is 0 Å². The molecule has 226 valence electrons. The maximum absolute atomic E-state index is 6.76. The first-order valence-corrected chi connectivity index (χ1v) is 18.2. The standard InChI is InChI=1S/C42H28N4OSi/c1-4-14-29(15-5-1)48(30-16-6-2-7-17-30,31-18-8-3-9-19-31)32-24-25-39-33(28-32)40-41(47-39)38(26-27-43-40)46-37-23-13-12-22-36(37)45-35-21-11-10-20-34(35)44-42(45)46/h1-28H. The fourth-order valence-corrected chi connectivity index (χ4v) is 12.5. The van der Waals surface area contributed by atoms with Gasteiger partial charge in [0.2, 0.25) is 5.78 Å². The maximum Gasteiger partial charge on any atom is 0.220 e. The van der Waals surface area contributed by atoms with E-state index in [1.807, 2.05) is 18.3 Å². The van der Waals surface area contributed by atoms with E-state index in [-0.39, 0.29) is 0 Å².